The molecule has 2 aromatic carbocycles. The Balaban J connectivity index is 1.35. The number of piperazine rings is 1. The zero-order chi connectivity index (χ0) is 20.0. The molecule has 1 aliphatic heterocycles. The first kappa shape index (κ1) is 18.9. The highest BCUT2D eigenvalue weighted by Gasteiger charge is 2.30. The number of hydrogen-bond donors (Lipinski definition) is 0. The molecule has 0 spiro atoms. The molecule has 2 heterocycles. The van der Waals surface area contributed by atoms with E-state index in [9.17, 15) is 8.42 Å². The van der Waals surface area contributed by atoms with Crippen molar-refractivity contribution in [3.63, 3.8) is 0 Å². The van der Waals surface area contributed by atoms with Crippen molar-refractivity contribution >= 4 is 38.2 Å². The molecule has 2 aliphatic rings. The second kappa shape index (κ2) is 7.27. The summed E-state index contributed by atoms with van der Waals surface area (Å²) in [4.78, 5) is 7.05. The first-order valence-electron chi connectivity index (χ1n) is 9.94. The highest BCUT2D eigenvalue weighted by atomic mass is 35.5. The van der Waals surface area contributed by atoms with Gasteiger partial charge in [0.2, 0.25) is 10.0 Å². The summed E-state index contributed by atoms with van der Waals surface area (Å²) in [5.74, 6) is 0.795. The minimum Gasteiger partial charge on any atom is -0.354 e. The molecule has 0 atom stereocenters. The van der Waals surface area contributed by atoms with Gasteiger partial charge in [0, 0.05) is 31.6 Å². The number of rotatable bonds is 3. The number of aryl methyl sites for hydroxylation is 2. The second-order valence-corrected chi connectivity index (χ2v) is 9.96. The maximum atomic E-state index is 13.1. The zero-order valence-corrected chi connectivity index (χ0v) is 17.6. The smallest absolute Gasteiger partial charge is 0.243 e. The minimum absolute atomic E-state index is 0.415. The molecule has 5 rings (SSSR count). The van der Waals surface area contributed by atoms with Crippen LogP contribution in [0.3, 0.4) is 0 Å². The molecule has 0 N–H and O–H groups in total. The van der Waals surface area contributed by atoms with Crippen molar-refractivity contribution in [2.45, 2.75) is 24.2 Å². The van der Waals surface area contributed by atoms with E-state index in [2.05, 4.69) is 9.88 Å². The van der Waals surface area contributed by atoms with Crippen LogP contribution in [0.25, 0.3) is 10.8 Å². The summed E-state index contributed by atoms with van der Waals surface area (Å²) in [6.07, 6.45) is 3.13. The number of benzene rings is 2. The summed E-state index contributed by atoms with van der Waals surface area (Å²) < 4.78 is 27.8. The number of halogens is 1. The molecule has 7 heteroatoms. The molecule has 0 amide bonds. The maximum absolute atomic E-state index is 13.1. The van der Waals surface area contributed by atoms with Gasteiger partial charge in [0.05, 0.1) is 4.90 Å². The van der Waals surface area contributed by atoms with Gasteiger partial charge in [0.1, 0.15) is 11.0 Å². The van der Waals surface area contributed by atoms with Gasteiger partial charge in [0.15, 0.2) is 0 Å². The summed E-state index contributed by atoms with van der Waals surface area (Å²) >= 11 is 6.37. The van der Waals surface area contributed by atoms with Gasteiger partial charge in [-0.05, 0) is 54.0 Å². The fourth-order valence-electron chi connectivity index (χ4n) is 4.32. The Bertz CT molecular complexity index is 1190. The van der Waals surface area contributed by atoms with E-state index in [-0.39, 0.29) is 0 Å². The lowest BCUT2D eigenvalue weighted by molar-refractivity contribution is 0.384. The zero-order valence-electron chi connectivity index (χ0n) is 16.0. The van der Waals surface area contributed by atoms with Crippen LogP contribution in [0, 0.1) is 0 Å². The number of sulfonamides is 1. The highest BCUT2D eigenvalue weighted by molar-refractivity contribution is 7.89. The normalized spacial score (nSPS) is 17.6. The standard InChI is InChI=1S/C22H22ClN3O2S/c23-22-20-7-2-1-4-18(20)15-21(24-22)25-10-12-26(13-11-25)29(27,28)19-9-8-16-5-3-6-17(16)14-19/h1-2,4,7-9,14-15H,3,5-6,10-13H2. The van der Waals surface area contributed by atoms with Crippen molar-refractivity contribution < 1.29 is 8.42 Å². The van der Waals surface area contributed by atoms with Gasteiger partial charge < -0.3 is 4.90 Å². The van der Waals surface area contributed by atoms with E-state index < -0.39 is 10.0 Å². The minimum atomic E-state index is -3.47. The lowest BCUT2D eigenvalue weighted by Crippen LogP contribution is -2.48. The van der Waals surface area contributed by atoms with Crippen molar-refractivity contribution in [1.29, 1.82) is 0 Å². The van der Waals surface area contributed by atoms with E-state index in [4.69, 9.17) is 11.6 Å². The van der Waals surface area contributed by atoms with E-state index >= 15 is 0 Å². The fourth-order valence-corrected chi connectivity index (χ4v) is 6.05. The molecule has 1 aliphatic carbocycles. The molecular formula is C22H22ClN3O2S. The fraction of sp³-hybridized carbons (Fsp3) is 0.318. The first-order chi connectivity index (χ1) is 14.0. The first-order valence-corrected chi connectivity index (χ1v) is 11.8. The van der Waals surface area contributed by atoms with Crippen LogP contribution >= 0.6 is 11.6 Å². The summed E-state index contributed by atoms with van der Waals surface area (Å²) in [6, 6.07) is 15.5. The molecule has 1 aromatic heterocycles. The van der Waals surface area contributed by atoms with Crippen LogP contribution in [0.4, 0.5) is 5.82 Å². The lowest BCUT2D eigenvalue weighted by atomic mass is 10.1. The van der Waals surface area contributed by atoms with E-state index in [1.54, 1.807) is 10.4 Å². The van der Waals surface area contributed by atoms with Crippen LogP contribution in [-0.2, 0) is 22.9 Å². The van der Waals surface area contributed by atoms with Gasteiger partial charge in [-0.3, -0.25) is 0 Å². The molecule has 150 valence electrons. The van der Waals surface area contributed by atoms with Crippen LogP contribution in [0.15, 0.2) is 53.4 Å². The third-order valence-electron chi connectivity index (χ3n) is 5.95. The Hall–Kier alpha value is -2.15. The predicted octanol–water partition coefficient (Wildman–Crippen LogP) is 3.89. The summed E-state index contributed by atoms with van der Waals surface area (Å²) in [7, 11) is -3.47. The molecule has 29 heavy (non-hydrogen) atoms. The van der Waals surface area contributed by atoms with E-state index in [1.165, 1.54) is 11.1 Å². The molecule has 5 nitrogen and oxygen atoms in total. The highest BCUT2D eigenvalue weighted by Crippen LogP contribution is 2.29. The van der Waals surface area contributed by atoms with Crippen molar-refractivity contribution in [3.8, 4) is 0 Å². The van der Waals surface area contributed by atoms with Gasteiger partial charge in [-0.25, -0.2) is 13.4 Å². The summed E-state index contributed by atoms with van der Waals surface area (Å²) in [5, 5.41) is 2.44. The molecule has 1 saturated heterocycles. The second-order valence-electron chi connectivity index (χ2n) is 7.67. The quantitative estimate of drug-likeness (QED) is 0.595. The molecule has 3 aromatic rings. The van der Waals surface area contributed by atoms with E-state index in [0.29, 0.717) is 36.2 Å². The number of pyridine rings is 1. The topological polar surface area (TPSA) is 53.5 Å². The van der Waals surface area contributed by atoms with Gasteiger partial charge in [-0.1, -0.05) is 41.9 Å². The third kappa shape index (κ3) is 3.39. The van der Waals surface area contributed by atoms with Crippen LogP contribution in [0.1, 0.15) is 17.5 Å². The Morgan fingerprint density at radius 2 is 1.66 bits per heavy atom. The lowest BCUT2D eigenvalue weighted by Gasteiger charge is -2.35. The van der Waals surface area contributed by atoms with Crippen LogP contribution in [-0.4, -0.2) is 43.9 Å². The maximum Gasteiger partial charge on any atom is 0.243 e. The Kier molecular flexibility index (Phi) is 4.73. The number of aromatic nitrogens is 1. The SMILES string of the molecule is O=S(=O)(c1ccc2c(c1)CCC2)N1CCN(c2cc3ccccc3c(Cl)n2)CC1. The van der Waals surface area contributed by atoms with Gasteiger partial charge in [-0.15, -0.1) is 0 Å². The molecular weight excluding hydrogens is 406 g/mol. The monoisotopic (exact) mass is 427 g/mol. The molecule has 0 unspecified atom stereocenters. The van der Waals surface area contributed by atoms with Crippen molar-refractivity contribution in [2.75, 3.05) is 31.1 Å². The third-order valence-corrected chi connectivity index (χ3v) is 8.13. The average Bonchev–Trinajstić information content (AvgIpc) is 3.22. The average molecular weight is 428 g/mol. The molecule has 0 saturated carbocycles. The van der Waals surface area contributed by atoms with Crippen LogP contribution in [0.5, 0.6) is 0 Å². The predicted molar refractivity (Wildman–Crippen MR) is 116 cm³/mol. The van der Waals surface area contributed by atoms with Gasteiger partial charge >= 0.3 is 0 Å². The van der Waals surface area contributed by atoms with Crippen molar-refractivity contribution in [1.82, 2.24) is 9.29 Å². The number of hydrogen-bond acceptors (Lipinski definition) is 4. The van der Waals surface area contributed by atoms with E-state index in [0.717, 1.165) is 35.9 Å². The Morgan fingerprint density at radius 1 is 0.897 bits per heavy atom. The van der Waals surface area contributed by atoms with Gasteiger partial charge in [0.25, 0.3) is 0 Å². The van der Waals surface area contributed by atoms with Crippen molar-refractivity contribution in [2.24, 2.45) is 0 Å². The molecule has 0 bridgehead atoms. The van der Waals surface area contributed by atoms with Crippen LogP contribution in [0.2, 0.25) is 5.15 Å². The summed E-state index contributed by atoms with van der Waals surface area (Å²) in [6.45, 7) is 2.05. The Morgan fingerprint density at radius 3 is 2.48 bits per heavy atom. The van der Waals surface area contributed by atoms with Crippen molar-refractivity contribution in [3.05, 3.63) is 64.8 Å². The number of anilines is 1. The van der Waals surface area contributed by atoms with E-state index in [1.807, 2.05) is 42.5 Å². The number of fused-ring (bicyclic) bond motifs is 2. The van der Waals surface area contributed by atoms with Gasteiger partial charge in [-0.2, -0.15) is 4.31 Å². The molecule has 0 radical (unpaired) electrons. The molecule has 1 fully saturated rings. The summed E-state index contributed by atoms with van der Waals surface area (Å²) in [5.41, 5.74) is 2.47. The number of nitrogens with zero attached hydrogens (tertiary/aromatic N) is 3. The Labute approximate surface area is 176 Å². The van der Waals surface area contributed by atoms with Crippen LogP contribution < -0.4 is 4.90 Å². The largest absolute Gasteiger partial charge is 0.354 e.